The van der Waals surface area contributed by atoms with Gasteiger partial charge in [-0.3, -0.25) is 4.79 Å². The van der Waals surface area contributed by atoms with Crippen molar-refractivity contribution in [2.75, 3.05) is 6.54 Å². The lowest BCUT2D eigenvalue weighted by molar-refractivity contribution is -0.120. The Hall–Kier alpha value is -1.89. The molecule has 1 N–H and O–H groups in total. The minimum Gasteiger partial charge on any atom is -0.355 e. The average molecular weight is 388 g/mol. The molecule has 0 radical (unpaired) electrons. The van der Waals surface area contributed by atoms with Gasteiger partial charge in [-0.15, -0.1) is 5.10 Å². The number of nitrogens with zero attached hydrogens (tertiary/aromatic N) is 4. The number of carbonyl (C=O) groups is 1. The Balaban J connectivity index is 1.59. The SMILES string of the molecule is CC(C)c1ccc(-n2nnnc2S[C@H](C)C(=O)NCC2CCCCC2)cc1. The number of tetrazole rings is 1. The number of amides is 1. The Kier molecular flexibility index (Phi) is 6.88. The third-order valence-corrected chi connectivity index (χ3v) is 6.22. The summed E-state index contributed by atoms with van der Waals surface area (Å²) < 4.78 is 1.69. The van der Waals surface area contributed by atoms with E-state index in [0.717, 1.165) is 12.2 Å². The first-order chi connectivity index (χ1) is 13.0. The predicted octanol–water partition coefficient (Wildman–Crippen LogP) is 3.96. The largest absolute Gasteiger partial charge is 0.355 e. The minimum absolute atomic E-state index is 0.0512. The fourth-order valence-electron chi connectivity index (χ4n) is 3.41. The highest BCUT2D eigenvalue weighted by atomic mass is 32.2. The van der Waals surface area contributed by atoms with Gasteiger partial charge in [-0.2, -0.15) is 4.68 Å². The van der Waals surface area contributed by atoms with E-state index in [2.05, 4.69) is 46.8 Å². The van der Waals surface area contributed by atoms with Crippen molar-refractivity contribution in [3.8, 4) is 5.69 Å². The number of carbonyl (C=O) groups excluding carboxylic acids is 1. The maximum absolute atomic E-state index is 12.5. The minimum atomic E-state index is -0.242. The van der Waals surface area contributed by atoms with Gasteiger partial charge in [0.25, 0.3) is 0 Å². The quantitative estimate of drug-likeness (QED) is 0.728. The standard InChI is InChI=1S/C20H29N5OS/c1-14(2)17-9-11-18(12-10-17)25-20(22-23-24-25)27-15(3)19(26)21-13-16-7-5-4-6-8-16/h9-12,14-16H,4-8,13H2,1-3H3,(H,21,26)/t15-/m1/s1. The highest BCUT2D eigenvalue weighted by Gasteiger charge is 2.21. The van der Waals surface area contributed by atoms with Gasteiger partial charge in [-0.25, -0.2) is 0 Å². The Morgan fingerprint density at radius 1 is 1.19 bits per heavy atom. The Morgan fingerprint density at radius 3 is 2.56 bits per heavy atom. The lowest BCUT2D eigenvalue weighted by Crippen LogP contribution is -2.35. The fourth-order valence-corrected chi connectivity index (χ4v) is 4.24. The lowest BCUT2D eigenvalue weighted by atomic mass is 9.89. The van der Waals surface area contributed by atoms with Crippen LogP contribution in [-0.2, 0) is 4.79 Å². The molecule has 0 aliphatic heterocycles. The highest BCUT2D eigenvalue weighted by molar-refractivity contribution is 8.00. The normalized spacial score (nSPS) is 16.4. The molecular formula is C20H29N5OS. The van der Waals surface area contributed by atoms with Gasteiger partial charge in [0, 0.05) is 6.54 Å². The summed E-state index contributed by atoms with van der Waals surface area (Å²) in [6.45, 7) is 7.02. The van der Waals surface area contributed by atoms with Crippen molar-refractivity contribution < 1.29 is 4.79 Å². The predicted molar refractivity (Wildman–Crippen MR) is 108 cm³/mol. The van der Waals surface area contributed by atoms with E-state index in [9.17, 15) is 4.79 Å². The second-order valence-electron chi connectivity index (χ2n) is 7.63. The molecule has 1 heterocycles. The lowest BCUT2D eigenvalue weighted by Gasteiger charge is -2.22. The summed E-state index contributed by atoms with van der Waals surface area (Å²) in [4.78, 5) is 12.5. The molecule has 0 spiro atoms. The third-order valence-electron chi connectivity index (χ3n) is 5.19. The molecule has 0 bridgehead atoms. The van der Waals surface area contributed by atoms with Gasteiger partial charge < -0.3 is 5.32 Å². The van der Waals surface area contributed by atoms with E-state index in [0.29, 0.717) is 17.0 Å². The van der Waals surface area contributed by atoms with Crippen LogP contribution in [0.4, 0.5) is 0 Å². The third kappa shape index (κ3) is 5.31. The van der Waals surface area contributed by atoms with Gasteiger partial charge in [0.15, 0.2) is 0 Å². The van der Waals surface area contributed by atoms with Crippen LogP contribution in [0, 0.1) is 5.92 Å². The van der Waals surface area contributed by atoms with Crippen molar-refractivity contribution in [3.63, 3.8) is 0 Å². The average Bonchev–Trinajstić information content (AvgIpc) is 3.15. The fraction of sp³-hybridized carbons (Fsp3) is 0.600. The van der Waals surface area contributed by atoms with E-state index in [4.69, 9.17) is 0 Å². The molecule has 0 unspecified atom stereocenters. The molecule has 2 aromatic rings. The van der Waals surface area contributed by atoms with Crippen LogP contribution in [0.3, 0.4) is 0 Å². The summed E-state index contributed by atoms with van der Waals surface area (Å²) in [5, 5.41) is 15.5. The van der Waals surface area contributed by atoms with Crippen LogP contribution in [0.1, 0.15) is 64.4 Å². The molecule has 0 saturated heterocycles. The van der Waals surface area contributed by atoms with Crippen molar-refractivity contribution in [2.24, 2.45) is 5.92 Å². The van der Waals surface area contributed by atoms with E-state index in [1.165, 1.54) is 49.4 Å². The first-order valence-electron chi connectivity index (χ1n) is 9.87. The number of rotatable bonds is 7. The second-order valence-corrected chi connectivity index (χ2v) is 8.94. The van der Waals surface area contributed by atoms with Gasteiger partial charge in [-0.1, -0.05) is 57.0 Å². The van der Waals surface area contributed by atoms with E-state index >= 15 is 0 Å². The monoisotopic (exact) mass is 387 g/mol. The molecule has 1 atom stereocenters. The molecule has 3 rings (SSSR count). The van der Waals surface area contributed by atoms with Gasteiger partial charge >= 0.3 is 0 Å². The number of hydrogen-bond acceptors (Lipinski definition) is 5. The maximum Gasteiger partial charge on any atom is 0.233 e. The van der Waals surface area contributed by atoms with Gasteiger partial charge in [0.05, 0.1) is 10.9 Å². The maximum atomic E-state index is 12.5. The van der Waals surface area contributed by atoms with Crippen molar-refractivity contribution in [1.29, 1.82) is 0 Å². The van der Waals surface area contributed by atoms with Crippen LogP contribution >= 0.6 is 11.8 Å². The molecule has 1 aromatic carbocycles. The van der Waals surface area contributed by atoms with Crippen LogP contribution < -0.4 is 5.32 Å². The molecular weight excluding hydrogens is 358 g/mol. The molecule has 7 heteroatoms. The summed E-state index contributed by atoms with van der Waals surface area (Å²) in [7, 11) is 0. The van der Waals surface area contributed by atoms with Crippen molar-refractivity contribution >= 4 is 17.7 Å². The summed E-state index contributed by atoms with van der Waals surface area (Å²) in [6, 6.07) is 8.22. The number of nitrogens with one attached hydrogen (secondary N) is 1. The molecule has 1 aliphatic carbocycles. The van der Waals surface area contributed by atoms with Crippen molar-refractivity contribution in [1.82, 2.24) is 25.5 Å². The van der Waals surface area contributed by atoms with Crippen LogP contribution in [-0.4, -0.2) is 37.9 Å². The Labute approximate surface area is 165 Å². The Bertz CT molecular complexity index is 737. The summed E-state index contributed by atoms with van der Waals surface area (Å²) in [5.41, 5.74) is 2.18. The topological polar surface area (TPSA) is 72.7 Å². The zero-order valence-electron chi connectivity index (χ0n) is 16.4. The molecule has 1 fully saturated rings. The number of hydrogen-bond donors (Lipinski definition) is 1. The van der Waals surface area contributed by atoms with Crippen LogP contribution in [0.5, 0.6) is 0 Å². The zero-order chi connectivity index (χ0) is 19.2. The first kappa shape index (κ1) is 19.9. The zero-order valence-corrected chi connectivity index (χ0v) is 17.2. The van der Waals surface area contributed by atoms with E-state index < -0.39 is 0 Å². The molecule has 27 heavy (non-hydrogen) atoms. The van der Waals surface area contributed by atoms with E-state index in [1.54, 1.807) is 4.68 Å². The molecule has 6 nitrogen and oxygen atoms in total. The smallest absolute Gasteiger partial charge is 0.233 e. The van der Waals surface area contributed by atoms with Crippen molar-refractivity contribution in [2.45, 2.75) is 69.2 Å². The van der Waals surface area contributed by atoms with Crippen LogP contribution in [0.2, 0.25) is 0 Å². The molecule has 1 aromatic heterocycles. The molecule has 1 amide bonds. The molecule has 146 valence electrons. The van der Waals surface area contributed by atoms with Crippen LogP contribution in [0.15, 0.2) is 29.4 Å². The van der Waals surface area contributed by atoms with E-state index in [-0.39, 0.29) is 11.2 Å². The molecule has 1 saturated carbocycles. The second kappa shape index (κ2) is 9.35. The van der Waals surface area contributed by atoms with Crippen molar-refractivity contribution in [3.05, 3.63) is 29.8 Å². The summed E-state index contributed by atoms with van der Waals surface area (Å²) >= 11 is 1.39. The number of thioether (sulfide) groups is 1. The van der Waals surface area contributed by atoms with Gasteiger partial charge in [0.2, 0.25) is 11.1 Å². The number of benzene rings is 1. The summed E-state index contributed by atoms with van der Waals surface area (Å²) in [5.74, 6) is 1.16. The first-order valence-corrected chi connectivity index (χ1v) is 10.8. The van der Waals surface area contributed by atoms with Gasteiger partial charge in [0.1, 0.15) is 0 Å². The van der Waals surface area contributed by atoms with Crippen LogP contribution in [0.25, 0.3) is 5.69 Å². The van der Waals surface area contributed by atoms with Gasteiger partial charge in [-0.05, 0) is 59.7 Å². The number of aromatic nitrogens is 4. The summed E-state index contributed by atoms with van der Waals surface area (Å²) in [6.07, 6.45) is 6.36. The van der Waals surface area contributed by atoms with E-state index in [1.807, 2.05) is 19.1 Å². The molecule has 1 aliphatic rings. The Morgan fingerprint density at radius 2 is 1.89 bits per heavy atom. The highest BCUT2D eigenvalue weighted by Crippen LogP contribution is 2.25.